The Hall–Kier alpha value is -0.780. The maximum absolute atomic E-state index is 2.34. The van der Waals surface area contributed by atoms with Crippen LogP contribution in [0, 0.1) is 13.3 Å². The van der Waals surface area contributed by atoms with Gasteiger partial charge in [0, 0.05) is 0 Å². The van der Waals surface area contributed by atoms with Crippen LogP contribution in [0.3, 0.4) is 0 Å². The minimum Gasteiger partial charge on any atom is -0.0651 e. The summed E-state index contributed by atoms with van der Waals surface area (Å²) in [6.07, 6.45) is 5.92. The van der Waals surface area contributed by atoms with Gasteiger partial charge < -0.3 is 0 Å². The highest BCUT2D eigenvalue weighted by atomic mass is 14.0. The molecule has 1 rings (SSSR count). The van der Waals surface area contributed by atoms with Gasteiger partial charge in [-0.05, 0) is 31.7 Å². The van der Waals surface area contributed by atoms with Crippen molar-refractivity contribution in [3.8, 4) is 0 Å². The molecule has 0 spiro atoms. The van der Waals surface area contributed by atoms with Crippen LogP contribution in [0.2, 0.25) is 0 Å². The summed E-state index contributed by atoms with van der Waals surface area (Å²) in [6.45, 7) is 4.34. The lowest BCUT2D eigenvalue weighted by Gasteiger charge is -2.00. The molecule has 0 aromatic heterocycles. The summed E-state index contributed by atoms with van der Waals surface area (Å²) in [5, 5.41) is 0. The van der Waals surface area contributed by atoms with Crippen LogP contribution in [-0.4, -0.2) is 0 Å². The van der Waals surface area contributed by atoms with Crippen LogP contribution in [0.25, 0.3) is 0 Å². The highest BCUT2D eigenvalue weighted by Gasteiger charge is 1.92. The van der Waals surface area contributed by atoms with Crippen molar-refractivity contribution < 1.29 is 0 Å². The fourth-order valence-electron chi connectivity index (χ4n) is 1.34. The van der Waals surface area contributed by atoms with Gasteiger partial charge in [-0.25, -0.2) is 0 Å². The van der Waals surface area contributed by atoms with Crippen LogP contribution in [0.15, 0.2) is 24.3 Å². The monoisotopic (exact) mass is 161 g/mol. The largest absolute Gasteiger partial charge is 0.0651 e. The van der Waals surface area contributed by atoms with Gasteiger partial charge in [0.1, 0.15) is 0 Å². The second-order valence-corrected chi connectivity index (χ2v) is 3.22. The van der Waals surface area contributed by atoms with Crippen molar-refractivity contribution >= 4 is 0 Å². The van der Waals surface area contributed by atoms with E-state index in [9.17, 15) is 0 Å². The van der Waals surface area contributed by atoms with E-state index in [-0.39, 0.29) is 0 Å². The van der Waals surface area contributed by atoms with Crippen LogP contribution in [0.5, 0.6) is 0 Å². The summed E-state index contributed by atoms with van der Waals surface area (Å²) in [6, 6.07) is 8.75. The zero-order chi connectivity index (χ0) is 8.81. The summed E-state index contributed by atoms with van der Waals surface area (Å²) < 4.78 is 0. The molecule has 0 nitrogen and oxygen atoms in total. The topological polar surface area (TPSA) is 0 Å². The van der Waals surface area contributed by atoms with E-state index in [1.54, 1.807) is 0 Å². The molecule has 0 saturated heterocycles. The number of rotatable bonds is 4. The van der Waals surface area contributed by atoms with Crippen molar-refractivity contribution in [3.63, 3.8) is 0 Å². The number of aryl methyl sites for hydroxylation is 2. The predicted octanol–water partition coefficient (Wildman–Crippen LogP) is 3.54. The van der Waals surface area contributed by atoms with Crippen molar-refractivity contribution in [1.82, 2.24) is 0 Å². The molecule has 0 fully saturated rings. The Morgan fingerprint density at radius 1 is 1.33 bits per heavy atom. The molecule has 0 amide bonds. The first kappa shape index (κ1) is 9.31. The quantitative estimate of drug-likeness (QED) is 0.592. The molecule has 0 N–H and O–H groups in total. The molecular formula is C12H17. The van der Waals surface area contributed by atoms with Crippen LogP contribution in [-0.2, 0) is 6.42 Å². The Morgan fingerprint density at radius 2 is 2.17 bits per heavy atom. The summed E-state index contributed by atoms with van der Waals surface area (Å²) in [7, 11) is 0. The minimum absolute atomic E-state index is 1.19. The number of unbranched alkanes of at least 4 members (excludes halogenated alkanes) is 2. The third-order valence-electron chi connectivity index (χ3n) is 2.01. The molecule has 65 valence electrons. The molecule has 0 unspecified atom stereocenters. The second-order valence-electron chi connectivity index (χ2n) is 3.22. The minimum atomic E-state index is 1.19. The SMILES string of the molecule is CC[CH]CCc1cccc(C)c1. The highest BCUT2D eigenvalue weighted by Crippen LogP contribution is 2.07. The molecule has 0 saturated carbocycles. The first-order chi connectivity index (χ1) is 5.83. The summed E-state index contributed by atoms with van der Waals surface area (Å²) in [5.41, 5.74) is 2.82. The van der Waals surface area contributed by atoms with Crippen LogP contribution >= 0.6 is 0 Å². The van der Waals surface area contributed by atoms with Crippen molar-refractivity contribution in [2.75, 3.05) is 0 Å². The molecule has 1 aromatic carbocycles. The average Bonchev–Trinajstić information content (AvgIpc) is 2.05. The first-order valence-electron chi connectivity index (χ1n) is 4.70. The summed E-state index contributed by atoms with van der Waals surface area (Å²) >= 11 is 0. The molecular weight excluding hydrogens is 144 g/mol. The fraction of sp³-hybridized carbons (Fsp3) is 0.417. The molecule has 1 radical (unpaired) electrons. The summed E-state index contributed by atoms with van der Waals surface area (Å²) in [5.74, 6) is 0. The smallest absolute Gasteiger partial charge is 0.0276 e. The van der Waals surface area contributed by atoms with Crippen LogP contribution in [0.1, 0.15) is 30.9 Å². The summed E-state index contributed by atoms with van der Waals surface area (Å²) in [4.78, 5) is 0. The Kier molecular flexibility index (Phi) is 3.86. The molecule has 0 atom stereocenters. The Morgan fingerprint density at radius 3 is 2.83 bits per heavy atom. The van der Waals surface area contributed by atoms with Crippen molar-refractivity contribution in [1.29, 1.82) is 0 Å². The van der Waals surface area contributed by atoms with Crippen LogP contribution in [0.4, 0.5) is 0 Å². The Bertz CT molecular complexity index is 225. The molecule has 0 heteroatoms. The molecule has 0 aliphatic carbocycles. The molecule has 0 aliphatic heterocycles. The van der Waals surface area contributed by atoms with Crippen molar-refractivity contribution in [2.24, 2.45) is 0 Å². The van der Waals surface area contributed by atoms with Gasteiger partial charge in [-0.1, -0.05) is 43.2 Å². The van der Waals surface area contributed by atoms with Gasteiger partial charge in [0.05, 0.1) is 0 Å². The highest BCUT2D eigenvalue weighted by molar-refractivity contribution is 5.22. The number of benzene rings is 1. The van der Waals surface area contributed by atoms with Gasteiger partial charge in [0.2, 0.25) is 0 Å². The second kappa shape index (κ2) is 4.97. The Labute approximate surface area is 75.6 Å². The van der Waals surface area contributed by atoms with E-state index in [2.05, 4.69) is 44.5 Å². The van der Waals surface area contributed by atoms with Gasteiger partial charge in [0.25, 0.3) is 0 Å². The lowest BCUT2D eigenvalue weighted by Crippen LogP contribution is -1.86. The molecule has 1 aromatic rings. The lowest BCUT2D eigenvalue weighted by molar-refractivity contribution is 0.877. The van der Waals surface area contributed by atoms with Crippen molar-refractivity contribution in [2.45, 2.75) is 33.1 Å². The first-order valence-corrected chi connectivity index (χ1v) is 4.70. The number of hydrogen-bond donors (Lipinski definition) is 0. The predicted molar refractivity (Wildman–Crippen MR) is 54.1 cm³/mol. The van der Waals surface area contributed by atoms with E-state index in [0.29, 0.717) is 0 Å². The third kappa shape index (κ3) is 3.08. The van der Waals surface area contributed by atoms with Gasteiger partial charge >= 0.3 is 0 Å². The lowest BCUT2D eigenvalue weighted by atomic mass is 10.1. The molecule has 0 bridgehead atoms. The molecule has 0 aliphatic rings. The number of hydrogen-bond acceptors (Lipinski definition) is 0. The van der Waals surface area contributed by atoms with Crippen molar-refractivity contribution in [3.05, 3.63) is 41.8 Å². The zero-order valence-electron chi connectivity index (χ0n) is 8.01. The van der Waals surface area contributed by atoms with Gasteiger partial charge in [-0.2, -0.15) is 0 Å². The maximum Gasteiger partial charge on any atom is -0.0276 e. The molecule has 12 heavy (non-hydrogen) atoms. The van der Waals surface area contributed by atoms with Gasteiger partial charge in [-0.3, -0.25) is 0 Å². The van der Waals surface area contributed by atoms with E-state index in [1.165, 1.54) is 30.4 Å². The van der Waals surface area contributed by atoms with E-state index >= 15 is 0 Å². The van der Waals surface area contributed by atoms with E-state index in [1.807, 2.05) is 0 Å². The zero-order valence-corrected chi connectivity index (χ0v) is 8.01. The maximum atomic E-state index is 2.34. The fourth-order valence-corrected chi connectivity index (χ4v) is 1.34. The standard InChI is InChI=1S/C12H17/c1-3-4-5-8-12-9-6-7-11(2)10-12/h4,6-7,9-10H,3,5,8H2,1-2H3. The van der Waals surface area contributed by atoms with E-state index in [0.717, 1.165) is 0 Å². The van der Waals surface area contributed by atoms with Gasteiger partial charge in [0.15, 0.2) is 0 Å². The van der Waals surface area contributed by atoms with Gasteiger partial charge in [-0.15, -0.1) is 0 Å². The van der Waals surface area contributed by atoms with E-state index < -0.39 is 0 Å². The third-order valence-corrected chi connectivity index (χ3v) is 2.01. The average molecular weight is 161 g/mol. The van der Waals surface area contributed by atoms with Crippen LogP contribution < -0.4 is 0 Å². The molecule has 0 heterocycles. The normalized spacial score (nSPS) is 10.2. The Balaban J connectivity index is 2.41. The van der Waals surface area contributed by atoms with E-state index in [4.69, 9.17) is 0 Å².